The summed E-state index contributed by atoms with van der Waals surface area (Å²) in [7, 11) is 1.00. The van der Waals surface area contributed by atoms with Crippen molar-refractivity contribution in [2.24, 2.45) is 0 Å². The Morgan fingerprint density at radius 2 is 1.92 bits per heavy atom. The lowest BCUT2D eigenvalue weighted by molar-refractivity contribution is -0.142. The summed E-state index contributed by atoms with van der Waals surface area (Å²) in [5.41, 5.74) is 0. The molecule has 0 saturated heterocycles. The van der Waals surface area contributed by atoms with E-state index in [1.165, 1.54) is 0 Å². The van der Waals surface area contributed by atoms with Crippen molar-refractivity contribution in [3.05, 3.63) is 11.5 Å². The first-order chi connectivity index (χ1) is 6.16. The Hall–Kier alpha value is -1.27. The topological polar surface area (TPSA) is 107 Å². The van der Waals surface area contributed by atoms with E-state index in [1.54, 1.807) is 0 Å². The van der Waals surface area contributed by atoms with E-state index in [4.69, 9.17) is 20.4 Å². The Morgan fingerprint density at radius 1 is 1.38 bits per heavy atom. The Morgan fingerprint density at radius 3 is 2.23 bits per heavy atom. The van der Waals surface area contributed by atoms with Crippen molar-refractivity contribution in [1.82, 2.24) is 0 Å². The minimum Gasteiger partial charge on any atom is -0.505 e. The zero-order chi connectivity index (χ0) is 10.4. The molecule has 0 saturated carbocycles. The summed E-state index contributed by atoms with van der Waals surface area (Å²) in [6, 6.07) is 0. The maximum Gasteiger partial charge on any atom is 0.377 e. The third kappa shape index (κ3) is 2.60. The molecular formula is C7H12O6. The first-order valence-corrected chi connectivity index (χ1v) is 3.55. The van der Waals surface area contributed by atoms with E-state index in [0.717, 1.165) is 7.11 Å². The van der Waals surface area contributed by atoms with Crippen LogP contribution in [-0.4, -0.2) is 46.2 Å². The molecule has 6 heteroatoms. The van der Waals surface area contributed by atoms with Crippen LogP contribution in [0.3, 0.4) is 0 Å². The summed E-state index contributed by atoms with van der Waals surface area (Å²) in [5.74, 6) is -2.20. The van der Waals surface area contributed by atoms with Gasteiger partial charge in [0, 0.05) is 20.1 Å². The molecule has 0 radical (unpaired) electrons. The highest BCUT2D eigenvalue weighted by Gasteiger charge is 2.33. The minimum atomic E-state index is -0.944. The smallest absolute Gasteiger partial charge is 0.377 e. The molecule has 0 aromatic rings. The van der Waals surface area contributed by atoms with E-state index in [-0.39, 0.29) is 13.0 Å². The highest BCUT2D eigenvalue weighted by atomic mass is 16.6. The first kappa shape index (κ1) is 11.7. The van der Waals surface area contributed by atoms with Gasteiger partial charge in [0.2, 0.25) is 5.76 Å². The number of rotatable bonds is 2. The summed E-state index contributed by atoms with van der Waals surface area (Å²) >= 11 is 0. The van der Waals surface area contributed by atoms with Gasteiger partial charge in [-0.1, -0.05) is 0 Å². The van der Waals surface area contributed by atoms with Gasteiger partial charge in [0.25, 0.3) is 0 Å². The monoisotopic (exact) mass is 192 g/mol. The summed E-state index contributed by atoms with van der Waals surface area (Å²) in [5, 5.41) is 33.1. The van der Waals surface area contributed by atoms with Gasteiger partial charge < -0.3 is 25.2 Å². The van der Waals surface area contributed by atoms with Crippen molar-refractivity contribution < 1.29 is 30.0 Å². The number of hydrogen-bond acceptors (Lipinski definition) is 6. The number of esters is 1. The third-order valence-corrected chi connectivity index (χ3v) is 1.38. The lowest BCUT2D eigenvalue weighted by atomic mass is 10.2. The van der Waals surface area contributed by atoms with Gasteiger partial charge in [-0.3, -0.25) is 0 Å². The average molecular weight is 192 g/mol. The van der Waals surface area contributed by atoms with Crippen LogP contribution in [-0.2, 0) is 9.53 Å². The fraction of sp³-hybridized carbons (Fsp3) is 0.571. The largest absolute Gasteiger partial charge is 0.505 e. The zero-order valence-electron chi connectivity index (χ0n) is 7.10. The van der Waals surface area contributed by atoms with Gasteiger partial charge >= 0.3 is 5.97 Å². The van der Waals surface area contributed by atoms with Crippen LogP contribution in [0.5, 0.6) is 0 Å². The molecular weight excluding hydrogens is 180 g/mol. The molecule has 6 nitrogen and oxygen atoms in total. The number of hydrogen-bond donors (Lipinski definition) is 4. The maximum atomic E-state index is 10.5. The van der Waals surface area contributed by atoms with E-state index >= 15 is 0 Å². The van der Waals surface area contributed by atoms with Crippen LogP contribution in [0.15, 0.2) is 11.5 Å². The molecule has 1 heterocycles. The Balaban J connectivity index is 0.000000671. The summed E-state index contributed by atoms with van der Waals surface area (Å²) in [6.07, 6.45) is -0.783. The molecule has 1 rings (SSSR count). The van der Waals surface area contributed by atoms with E-state index in [0.29, 0.717) is 0 Å². The zero-order valence-corrected chi connectivity index (χ0v) is 7.10. The van der Waals surface area contributed by atoms with Crippen LogP contribution in [0.25, 0.3) is 0 Å². The van der Waals surface area contributed by atoms with Crippen LogP contribution in [0, 0.1) is 0 Å². The predicted octanol–water partition coefficient (Wildman–Crippen LogP) is -0.770. The van der Waals surface area contributed by atoms with Crippen molar-refractivity contribution in [3.8, 4) is 0 Å². The lowest BCUT2D eigenvalue weighted by Gasteiger charge is -2.05. The summed E-state index contributed by atoms with van der Waals surface area (Å²) in [4.78, 5) is 10.5. The molecule has 1 aliphatic rings. The van der Waals surface area contributed by atoms with Crippen LogP contribution >= 0.6 is 0 Å². The highest BCUT2D eigenvalue weighted by molar-refractivity contribution is 5.88. The van der Waals surface area contributed by atoms with Crippen molar-refractivity contribution in [2.45, 2.75) is 12.5 Å². The fourth-order valence-electron chi connectivity index (χ4n) is 0.811. The summed E-state index contributed by atoms with van der Waals surface area (Å²) in [6.45, 7) is -0.213. The Labute approximate surface area is 74.7 Å². The normalized spacial score (nSPS) is 20.8. The molecule has 1 atom stereocenters. The van der Waals surface area contributed by atoms with Gasteiger partial charge in [0.05, 0.1) is 0 Å². The van der Waals surface area contributed by atoms with Gasteiger partial charge in [-0.2, -0.15) is 0 Å². The van der Waals surface area contributed by atoms with Crippen LogP contribution in [0.1, 0.15) is 6.42 Å². The molecule has 0 aliphatic carbocycles. The maximum absolute atomic E-state index is 10.5. The number of aliphatic hydroxyl groups is 4. The van der Waals surface area contributed by atoms with Crippen molar-refractivity contribution in [2.75, 3.05) is 13.7 Å². The van der Waals surface area contributed by atoms with Crippen molar-refractivity contribution in [1.29, 1.82) is 0 Å². The quantitative estimate of drug-likeness (QED) is 0.428. The number of aliphatic hydroxyl groups excluding tert-OH is 4. The molecule has 0 aromatic heterocycles. The van der Waals surface area contributed by atoms with Gasteiger partial charge in [0.15, 0.2) is 11.9 Å². The number of carbonyl (C=O) groups excluding carboxylic acids is 1. The number of ether oxygens (including phenoxy) is 1. The SMILES string of the molecule is CO.O=C1OC(CCO)C(O)=C1O. The first-order valence-electron chi connectivity index (χ1n) is 3.55. The highest BCUT2D eigenvalue weighted by Crippen LogP contribution is 2.20. The van der Waals surface area contributed by atoms with E-state index in [1.807, 2.05) is 0 Å². The molecule has 4 N–H and O–H groups in total. The molecule has 13 heavy (non-hydrogen) atoms. The van der Waals surface area contributed by atoms with Gasteiger partial charge in [-0.25, -0.2) is 4.79 Å². The van der Waals surface area contributed by atoms with Gasteiger partial charge in [0.1, 0.15) is 0 Å². The van der Waals surface area contributed by atoms with Gasteiger partial charge in [-0.05, 0) is 0 Å². The Bertz CT molecular complexity index is 209. The molecule has 1 unspecified atom stereocenters. The Kier molecular flexibility index (Phi) is 4.86. The molecule has 0 bridgehead atoms. The number of cyclic esters (lactones) is 1. The van der Waals surface area contributed by atoms with Crippen LogP contribution < -0.4 is 0 Å². The van der Waals surface area contributed by atoms with Gasteiger partial charge in [-0.15, -0.1) is 0 Å². The van der Waals surface area contributed by atoms with E-state index in [9.17, 15) is 4.79 Å². The van der Waals surface area contributed by atoms with Crippen LogP contribution in [0.2, 0.25) is 0 Å². The molecule has 0 aromatic carbocycles. The summed E-state index contributed by atoms with van der Waals surface area (Å²) < 4.78 is 4.45. The second-order valence-electron chi connectivity index (χ2n) is 2.14. The molecule has 76 valence electrons. The average Bonchev–Trinajstić information content (AvgIpc) is 2.38. The third-order valence-electron chi connectivity index (χ3n) is 1.38. The predicted molar refractivity (Wildman–Crippen MR) is 42.0 cm³/mol. The second-order valence-corrected chi connectivity index (χ2v) is 2.14. The number of carbonyl (C=O) groups is 1. The molecule has 1 aliphatic heterocycles. The molecule has 0 fully saturated rings. The second kappa shape index (κ2) is 5.39. The van der Waals surface area contributed by atoms with Crippen molar-refractivity contribution >= 4 is 5.97 Å². The standard InChI is InChI=1S/C6H8O5.CH4O/c7-2-1-3-4(8)5(9)6(10)11-3;1-2/h3,7-9H,1-2H2;2H,1H3. The molecule has 0 spiro atoms. The van der Waals surface area contributed by atoms with E-state index in [2.05, 4.69) is 4.74 Å². The molecule has 0 amide bonds. The lowest BCUT2D eigenvalue weighted by Crippen LogP contribution is -2.13. The van der Waals surface area contributed by atoms with E-state index < -0.39 is 23.6 Å². The van der Waals surface area contributed by atoms with Crippen LogP contribution in [0.4, 0.5) is 0 Å². The van der Waals surface area contributed by atoms with Crippen molar-refractivity contribution in [3.63, 3.8) is 0 Å². The fourth-order valence-corrected chi connectivity index (χ4v) is 0.811. The minimum absolute atomic E-state index is 0.0988.